The Balaban J connectivity index is 1.71. The van der Waals surface area contributed by atoms with Crippen molar-refractivity contribution in [3.8, 4) is 0 Å². The van der Waals surface area contributed by atoms with Crippen molar-refractivity contribution in [1.82, 2.24) is 35.7 Å². The predicted molar refractivity (Wildman–Crippen MR) is 71.6 cm³/mol. The van der Waals surface area contributed by atoms with Crippen LogP contribution in [0.1, 0.15) is 23.4 Å². The van der Waals surface area contributed by atoms with Gasteiger partial charge in [0, 0.05) is 12.2 Å². The minimum Gasteiger partial charge on any atom is -0.367 e. The summed E-state index contributed by atoms with van der Waals surface area (Å²) in [4.78, 5) is 11.7. The van der Waals surface area contributed by atoms with E-state index in [0.29, 0.717) is 6.54 Å². The number of hydrogen-bond acceptors (Lipinski definition) is 6. The maximum atomic E-state index is 11.7. The van der Waals surface area contributed by atoms with Crippen LogP contribution < -0.4 is 11.1 Å². The molecular weight excluding hydrogens is 260 g/mol. The number of nitrogens with zero attached hydrogens (tertiary/aromatic N) is 5. The van der Waals surface area contributed by atoms with Crippen LogP contribution in [0.2, 0.25) is 0 Å². The first-order chi connectivity index (χ1) is 9.58. The number of aryl methyl sites for hydroxylation is 2. The van der Waals surface area contributed by atoms with Crippen LogP contribution in [0.4, 0.5) is 5.95 Å². The summed E-state index contributed by atoms with van der Waals surface area (Å²) in [6, 6.07) is 0. The molecule has 20 heavy (non-hydrogen) atoms. The molecule has 0 aromatic carbocycles. The summed E-state index contributed by atoms with van der Waals surface area (Å²) in [6.07, 6.45) is 1.72. The Hall–Kier alpha value is -2.45. The van der Waals surface area contributed by atoms with E-state index >= 15 is 0 Å². The third-order valence-electron chi connectivity index (χ3n) is 3.06. The monoisotopic (exact) mass is 278 g/mol. The van der Waals surface area contributed by atoms with Crippen LogP contribution in [-0.4, -0.2) is 42.9 Å². The predicted octanol–water partition coefficient (Wildman–Crippen LogP) is -0.656. The highest BCUT2D eigenvalue weighted by molar-refractivity contribution is 5.75. The van der Waals surface area contributed by atoms with Gasteiger partial charge in [-0.2, -0.15) is 5.10 Å². The van der Waals surface area contributed by atoms with Crippen molar-refractivity contribution >= 4 is 11.9 Å². The molecule has 0 aliphatic rings. The van der Waals surface area contributed by atoms with Gasteiger partial charge in [0.15, 0.2) is 0 Å². The van der Waals surface area contributed by atoms with Crippen molar-refractivity contribution in [2.24, 2.45) is 0 Å². The number of rotatable bonds is 6. The number of aromatic nitrogens is 6. The summed E-state index contributed by atoms with van der Waals surface area (Å²) in [5.74, 6) is -0.0329. The molecule has 0 unspecified atom stereocenters. The molecule has 0 aliphatic heterocycles. The topological polar surface area (TPSA) is 127 Å². The number of nitrogens with one attached hydrogen (secondary N) is 2. The molecule has 4 N–H and O–H groups in total. The Morgan fingerprint density at radius 1 is 1.45 bits per heavy atom. The Kier molecular flexibility index (Phi) is 4.28. The van der Waals surface area contributed by atoms with Crippen molar-refractivity contribution < 1.29 is 4.79 Å². The zero-order valence-corrected chi connectivity index (χ0v) is 11.6. The number of anilines is 1. The quantitative estimate of drug-likeness (QED) is 0.602. The highest BCUT2D eigenvalue weighted by Gasteiger charge is 2.08. The van der Waals surface area contributed by atoms with Gasteiger partial charge in [-0.3, -0.25) is 9.89 Å². The molecule has 9 nitrogen and oxygen atoms in total. The van der Waals surface area contributed by atoms with Gasteiger partial charge in [0.05, 0.1) is 5.69 Å². The summed E-state index contributed by atoms with van der Waals surface area (Å²) >= 11 is 0. The molecule has 0 fully saturated rings. The second-order valence-electron chi connectivity index (χ2n) is 4.56. The van der Waals surface area contributed by atoms with Crippen LogP contribution in [0.15, 0.2) is 0 Å². The van der Waals surface area contributed by atoms with E-state index in [1.165, 1.54) is 10.2 Å². The zero-order valence-electron chi connectivity index (χ0n) is 11.6. The highest BCUT2D eigenvalue weighted by atomic mass is 16.2. The van der Waals surface area contributed by atoms with Gasteiger partial charge in [-0.15, -0.1) is 0 Å². The van der Waals surface area contributed by atoms with Crippen LogP contribution in [-0.2, 0) is 17.8 Å². The first kappa shape index (κ1) is 14.0. The fourth-order valence-corrected chi connectivity index (χ4v) is 1.95. The minimum absolute atomic E-state index is 0.0304. The van der Waals surface area contributed by atoms with E-state index in [0.717, 1.165) is 24.2 Å². The van der Waals surface area contributed by atoms with E-state index in [4.69, 9.17) is 5.73 Å². The average molecular weight is 278 g/mol. The lowest BCUT2D eigenvalue weighted by atomic mass is 10.1. The van der Waals surface area contributed by atoms with Gasteiger partial charge in [-0.25, -0.2) is 4.68 Å². The third-order valence-corrected chi connectivity index (χ3v) is 3.06. The normalized spacial score (nSPS) is 10.7. The molecule has 2 aromatic heterocycles. The smallest absolute Gasteiger partial charge is 0.241 e. The van der Waals surface area contributed by atoms with E-state index in [9.17, 15) is 4.79 Å². The molecule has 2 aromatic rings. The lowest BCUT2D eigenvalue weighted by Gasteiger charge is -2.05. The maximum absolute atomic E-state index is 11.7. The van der Waals surface area contributed by atoms with Crippen LogP contribution in [0.5, 0.6) is 0 Å². The number of amides is 1. The number of tetrazole rings is 1. The Morgan fingerprint density at radius 3 is 2.85 bits per heavy atom. The Labute approximate surface area is 115 Å². The highest BCUT2D eigenvalue weighted by Crippen LogP contribution is 2.11. The number of hydrogen-bond donors (Lipinski definition) is 3. The lowest BCUT2D eigenvalue weighted by molar-refractivity contribution is -0.121. The van der Waals surface area contributed by atoms with Crippen LogP contribution >= 0.6 is 0 Å². The standard InChI is InChI=1S/C11H18N8O/c1-7-9(8(2)15-14-7)4-3-5-13-10(20)6-19-11(12)16-17-18-19/h3-6H2,1-2H3,(H,13,20)(H,14,15)(H2,12,16,18). The SMILES string of the molecule is Cc1n[nH]c(C)c1CCCNC(=O)Cn1nnnc1N. The maximum Gasteiger partial charge on any atom is 0.241 e. The molecular formula is C11H18N8O. The van der Waals surface area contributed by atoms with Gasteiger partial charge >= 0.3 is 0 Å². The van der Waals surface area contributed by atoms with Crippen molar-refractivity contribution in [3.05, 3.63) is 17.0 Å². The fourth-order valence-electron chi connectivity index (χ4n) is 1.95. The zero-order chi connectivity index (χ0) is 14.5. The molecule has 2 rings (SSSR count). The third kappa shape index (κ3) is 3.31. The molecule has 0 bridgehead atoms. The number of carbonyl (C=O) groups is 1. The van der Waals surface area contributed by atoms with E-state index in [1.807, 2.05) is 13.8 Å². The second-order valence-corrected chi connectivity index (χ2v) is 4.56. The molecule has 0 radical (unpaired) electrons. The van der Waals surface area contributed by atoms with Crippen LogP contribution in [0, 0.1) is 13.8 Å². The van der Waals surface area contributed by atoms with Gasteiger partial charge in [-0.1, -0.05) is 5.10 Å². The first-order valence-electron chi connectivity index (χ1n) is 6.36. The average Bonchev–Trinajstić information content (AvgIpc) is 2.94. The summed E-state index contributed by atoms with van der Waals surface area (Å²) < 4.78 is 1.25. The molecule has 108 valence electrons. The molecule has 1 amide bonds. The van der Waals surface area contributed by atoms with Gasteiger partial charge in [-0.05, 0) is 42.7 Å². The largest absolute Gasteiger partial charge is 0.367 e. The number of carbonyl (C=O) groups excluding carboxylic acids is 1. The van der Waals surface area contributed by atoms with Gasteiger partial charge in [0.1, 0.15) is 6.54 Å². The van der Waals surface area contributed by atoms with Crippen molar-refractivity contribution in [2.75, 3.05) is 12.3 Å². The van der Waals surface area contributed by atoms with Gasteiger partial charge < -0.3 is 11.1 Å². The summed E-state index contributed by atoms with van der Waals surface area (Å²) in [7, 11) is 0. The van der Waals surface area contributed by atoms with E-state index in [1.54, 1.807) is 0 Å². The molecule has 9 heteroatoms. The Bertz CT molecular complexity index is 568. The van der Waals surface area contributed by atoms with Crippen LogP contribution in [0.25, 0.3) is 0 Å². The van der Waals surface area contributed by atoms with Crippen molar-refractivity contribution in [3.63, 3.8) is 0 Å². The molecule has 0 atom stereocenters. The number of aromatic amines is 1. The lowest BCUT2D eigenvalue weighted by Crippen LogP contribution is -2.29. The van der Waals surface area contributed by atoms with Crippen molar-refractivity contribution in [1.29, 1.82) is 0 Å². The number of nitrogens with two attached hydrogens (primary N) is 1. The molecule has 0 spiro atoms. The number of nitrogen functional groups attached to an aromatic ring is 1. The van der Waals surface area contributed by atoms with Crippen LogP contribution in [0.3, 0.4) is 0 Å². The fraction of sp³-hybridized carbons (Fsp3) is 0.545. The van der Waals surface area contributed by atoms with E-state index in [2.05, 4.69) is 31.0 Å². The van der Waals surface area contributed by atoms with E-state index < -0.39 is 0 Å². The minimum atomic E-state index is -0.162. The van der Waals surface area contributed by atoms with E-state index in [-0.39, 0.29) is 18.4 Å². The summed E-state index contributed by atoms with van der Waals surface area (Å²) in [5, 5.41) is 20.4. The van der Waals surface area contributed by atoms with Gasteiger partial charge in [0.2, 0.25) is 11.9 Å². The summed E-state index contributed by atoms with van der Waals surface area (Å²) in [6.45, 7) is 4.58. The first-order valence-corrected chi connectivity index (χ1v) is 6.36. The van der Waals surface area contributed by atoms with Crippen molar-refractivity contribution in [2.45, 2.75) is 33.2 Å². The number of H-pyrrole nitrogens is 1. The van der Waals surface area contributed by atoms with Gasteiger partial charge in [0.25, 0.3) is 0 Å². The summed E-state index contributed by atoms with van der Waals surface area (Å²) in [5.41, 5.74) is 8.78. The molecule has 2 heterocycles. The Morgan fingerprint density at radius 2 is 2.25 bits per heavy atom. The second kappa shape index (κ2) is 6.13. The molecule has 0 aliphatic carbocycles. The molecule has 0 saturated heterocycles. The molecule has 0 saturated carbocycles.